The maximum absolute atomic E-state index is 12.3. The monoisotopic (exact) mass is 423 g/mol. The summed E-state index contributed by atoms with van der Waals surface area (Å²) in [4.78, 5) is 24.6. The summed E-state index contributed by atoms with van der Waals surface area (Å²) < 4.78 is 16.7. The Morgan fingerprint density at radius 2 is 1.73 bits per heavy atom. The van der Waals surface area contributed by atoms with Crippen LogP contribution in [-0.4, -0.2) is 31.3 Å². The van der Waals surface area contributed by atoms with Gasteiger partial charge in [-0.3, -0.25) is 0 Å². The van der Waals surface area contributed by atoms with E-state index in [9.17, 15) is 9.59 Å². The maximum atomic E-state index is 12.3. The van der Waals surface area contributed by atoms with Gasteiger partial charge in [0.15, 0.2) is 17.2 Å². The van der Waals surface area contributed by atoms with E-state index < -0.39 is 17.5 Å². The second-order valence-corrected chi connectivity index (χ2v) is 8.58. The zero-order valence-electron chi connectivity index (χ0n) is 17.1. The first-order chi connectivity index (χ1) is 14.2. The van der Waals surface area contributed by atoms with E-state index in [-0.39, 0.29) is 11.5 Å². The molecule has 30 heavy (non-hydrogen) atoms. The number of ether oxygens (including phenoxy) is 3. The highest BCUT2D eigenvalue weighted by Crippen LogP contribution is 2.40. The SMILES string of the molecule is COC(=O)c1sc2cc(-c3ccc(C#N)cc3)ccc2c1OCC(=O)OC(C)(C)C. The van der Waals surface area contributed by atoms with Crippen LogP contribution in [0.1, 0.15) is 36.0 Å². The van der Waals surface area contributed by atoms with Crippen LogP contribution < -0.4 is 4.74 Å². The van der Waals surface area contributed by atoms with Crippen molar-refractivity contribution in [1.82, 2.24) is 0 Å². The number of hydrogen-bond acceptors (Lipinski definition) is 7. The van der Waals surface area contributed by atoms with Crippen molar-refractivity contribution in [3.63, 3.8) is 0 Å². The Morgan fingerprint density at radius 3 is 2.33 bits per heavy atom. The molecule has 1 heterocycles. The molecule has 0 N–H and O–H groups in total. The van der Waals surface area contributed by atoms with Gasteiger partial charge in [-0.2, -0.15) is 5.26 Å². The fraction of sp³-hybridized carbons (Fsp3) is 0.261. The molecule has 0 atom stereocenters. The zero-order chi connectivity index (χ0) is 21.9. The fourth-order valence-electron chi connectivity index (χ4n) is 2.86. The summed E-state index contributed by atoms with van der Waals surface area (Å²) in [7, 11) is 1.30. The lowest BCUT2D eigenvalue weighted by Gasteiger charge is -2.19. The Morgan fingerprint density at radius 1 is 1.07 bits per heavy atom. The molecule has 3 aromatic rings. The summed E-state index contributed by atoms with van der Waals surface area (Å²) in [5.74, 6) is -0.749. The molecule has 0 aliphatic heterocycles. The summed E-state index contributed by atoms with van der Waals surface area (Å²) >= 11 is 1.23. The summed E-state index contributed by atoms with van der Waals surface area (Å²) in [5, 5.41) is 9.67. The summed E-state index contributed by atoms with van der Waals surface area (Å²) in [5.41, 5.74) is 1.84. The van der Waals surface area contributed by atoms with E-state index in [1.807, 2.05) is 30.3 Å². The Balaban J connectivity index is 1.95. The molecule has 0 bridgehead atoms. The minimum absolute atomic E-state index is 0.285. The van der Waals surface area contributed by atoms with Crippen molar-refractivity contribution >= 4 is 33.4 Å². The molecule has 0 spiro atoms. The van der Waals surface area contributed by atoms with Gasteiger partial charge in [0, 0.05) is 10.1 Å². The van der Waals surface area contributed by atoms with E-state index in [0.717, 1.165) is 15.8 Å². The summed E-state index contributed by atoms with van der Waals surface area (Å²) in [6.07, 6.45) is 0. The van der Waals surface area contributed by atoms with Crippen molar-refractivity contribution < 1.29 is 23.8 Å². The van der Waals surface area contributed by atoms with Gasteiger partial charge in [-0.1, -0.05) is 18.2 Å². The molecule has 0 aliphatic rings. The van der Waals surface area contributed by atoms with Gasteiger partial charge in [0.25, 0.3) is 0 Å². The van der Waals surface area contributed by atoms with Crippen molar-refractivity contribution in [2.45, 2.75) is 26.4 Å². The van der Waals surface area contributed by atoms with Crippen LogP contribution in [0.2, 0.25) is 0 Å². The van der Waals surface area contributed by atoms with Crippen LogP contribution in [-0.2, 0) is 14.3 Å². The molecule has 0 amide bonds. The fourth-order valence-corrected chi connectivity index (χ4v) is 3.97. The average Bonchev–Trinajstić information content (AvgIpc) is 3.08. The van der Waals surface area contributed by atoms with E-state index in [4.69, 9.17) is 19.5 Å². The maximum Gasteiger partial charge on any atom is 0.351 e. The van der Waals surface area contributed by atoms with E-state index in [1.54, 1.807) is 32.9 Å². The molecule has 0 saturated heterocycles. The van der Waals surface area contributed by atoms with Crippen LogP contribution in [0, 0.1) is 11.3 Å². The molecule has 0 saturated carbocycles. The predicted molar refractivity (Wildman–Crippen MR) is 115 cm³/mol. The number of benzene rings is 2. The van der Waals surface area contributed by atoms with E-state index in [2.05, 4.69) is 6.07 Å². The van der Waals surface area contributed by atoms with Crippen LogP contribution in [0.25, 0.3) is 21.2 Å². The minimum atomic E-state index is -0.627. The molecular formula is C23H21NO5S. The van der Waals surface area contributed by atoms with Gasteiger partial charge < -0.3 is 14.2 Å². The van der Waals surface area contributed by atoms with Gasteiger partial charge in [0.1, 0.15) is 5.60 Å². The molecule has 154 valence electrons. The number of thiophene rings is 1. The Bertz CT molecular complexity index is 1130. The van der Waals surface area contributed by atoms with Crippen molar-refractivity contribution in [3.05, 3.63) is 52.9 Å². The van der Waals surface area contributed by atoms with Crippen LogP contribution in [0.4, 0.5) is 0 Å². The molecule has 1 aromatic heterocycles. The van der Waals surface area contributed by atoms with E-state index in [1.165, 1.54) is 18.4 Å². The molecule has 0 radical (unpaired) electrons. The van der Waals surface area contributed by atoms with Crippen LogP contribution in [0.3, 0.4) is 0 Å². The molecule has 6 nitrogen and oxygen atoms in total. The van der Waals surface area contributed by atoms with Crippen LogP contribution >= 0.6 is 11.3 Å². The second-order valence-electron chi connectivity index (χ2n) is 7.53. The average molecular weight is 423 g/mol. The highest BCUT2D eigenvalue weighted by Gasteiger charge is 2.23. The van der Waals surface area contributed by atoms with Gasteiger partial charge in [-0.25, -0.2) is 9.59 Å². The Kier molecular flexibility index (Phi) is 6.09. The first kappa shape index (κ1) is 21.3. The lowest BCUT2D eigenvalue weighted by molar-refractivity contribution is -0.157. The Labute approximate surface area is 178 Å². The number of nitrogens with zero attached hydrogens (tertiary/aromatic N) is 1. The molecule has 2 aromatic carbocycles. The number of hydrogen-bond donors (Lipinski definition) is 0. The van der Waals surface area contributed by atoms with Crippen molar-refractivity contribution in [1.29, 1.82) is 5.26 Å². The van der Waals surface area contributed by atoms with Gasteiger partial charge in [-0.05, 0) is 56.2 Å². The van der Waals surface area contributed by atoms with Crippen LogP contribution in [0.15, 0.2) is 42.5 Å². The van der Waals surface area contributed by atoms with Crippen molar-refractivity contribution in [3.8, 4) is 22.9 Å². The molecule has 0 aliphatic carbocycles. The standard InChI is InChI=1S/C23H21NO5S/c1-23(2,3)29-19(25)13-28-20-17-10-9-16(15-7-5-14(12-24)6-8-15)11-18(17)30-21(20)22(26)27-4/h5-11H,13H2,1-4H3. The normalized spacial score (nSPS) is 11.0. The largest absolute Gasteiger partial charge is 0.479 e. The van der Waals surface area contributed by atoms with Crippen molar-refractivity contribution in [2.75, 3.05) is 13.7 Å². The third kappa shape index (κ3) is 4.78. The van der Waals surface area contributed by atoms with E-state index >= 15 is 0 Å². The van der Waals surface area contributed by atoms with E-state index in [0.29, 0.717) is 16.7 Å². The number of carbonyl (C=O) groups excluding carboxylic acids is 2. The first-order valence-electron chi connectivity index (χ1n) is 9.22. The lowest BCUT2D eigenvalue weighted by atomic mass is 10.0. The summed E-state index contributed by atoms with van der Waals surface area (Å²) in [6.45, 7) is 5.00. The number of nitriles is 1. The predicted octanol–water partition coefficient (Wildman–Crippen LogP) is 4.95. The van der Waals surface area contributed by atoms with Crippen molar-refractivity contribution in [2.24, 2.45) is 0 Å². The third-order valence-corrected chi connectivity index (χ3v) is 5.23. The smallest absolute Gasteiger partial charge is 0.351 e. The second kappa shape index (κ2) is 8.56. The topological polar surface area (TPSA) is 85.6 Å². The van der Waals surface area contributed by atoms with Gasteiger partial charge in [-0.15, -0.1) is 11.3 Å². The number of carbonyl (C=O) groups is 2. The molecule has 0 unspecified atom stereocenters. The highest BCUT2D eigenvalue weighted by molar-refractivity contribution is 7.21. The summed E-state index contributed by atoms with van der Waals surface area (Å²) in [6, 6.07) is 15.0. The number of rotatable bonds is 5. The minimum Gasteiger partial charge on any atom is -0.479 e. The third-order valence-electron chi connectivity index (χ3n) is 4.12. The number of fused-ring (bicyclic) bond motifs is 1. The zero-order valence-corrected chi connectivity index (χ0v) is 18.0. The lowest BCUT2D eigenvalue weighted by Crippen LogP contribution is -2.27. The molecule has 0 fully saturated rings. The highest BCUT2D eigenvalue weighted by atomic mass is 32.1. The quantitative estimate of drug-likeness (QED) is 0.540. The molecule has 3 rings (SSSR count). The van der Waals surface area contributed by atoms with Gasteiger partial charge >= 0.3 is 11.9 Å². The first-order valence-corrected chi connectivity index (χ1v) is 10.0. The van der Waals surface area contributed by atoms with Gasteiger partial charge in [0.05, 0.1) is 18.7 Å². The molecular weight excluding hydrogens is 402 g/mol. The number of esters is 2. The van der Waals surface area contributed by atoms with Gasteiger partial charge in [0.2, 0.25) is 0 Å². The number of methoxy groups -OCH3 is 1. The van der Waals surface area contributed by atoms with Crippen LogP contribution in [0.5, 0.6) is 5.75 Å². The Hall–Kier alpha value is -3.37. The molecule has 7 heteroatoms.